The summed E-state index contributed by atoms with van der Waals surface area (Å²) in [6.07, 6.45) is 1.53. The van der Waals surface area contributed by atoms with E-state index in [1.54, 1.807) is 48.5 Å². The molecule has 0 saturated carbocycles. The number of halogens is 2. The first kappa shape index (κ1) is 16.8. The molecule has 3 aromatic rings. The molecular formula is C22H12Cl2O2. The van der Waals surface area contributed by atoms with Crippen molar-refractivity contribution in [2.45, 2.75) is 0 Å². The third-order valence-corrected chi connectivity index (χ3v) is 5.02. The average molecular weight is 379 g/mol. The average Bonchev–Trinajstić information content (AvgIpc) is 2.65. The lowest BCUT2D eigenvalue weighted by atomic mass is 9.80. The Balaban J connectivity index is 2.00. The van der Waals surface area contributed by atoms with Gasteiger partial charge in [-0.1, -0.05) is 77.8 Å². The van der Waals surface area contributed by atoms with Crippen molar-refractivity contribution < 1.29 is 9.59 Å². The van der Waals surface area contributed by atoms with Crippen LogP contribution in [0, 0.1) is 0 Å². The minimum atomic E-state index is -0.188. The minimum absolute atomic E-state index is 0.160. The molecule has 0 aromatic heterocycles. The first-order chi connectivity index (χ1) is 12.6. The summed E-state index contributed by atoms with van der Waals surface area (Å²) >= 11 is 12.7. The van der Waals surface area contributed by atoms with E-state index < -0.39 is 0 Å². The van der Waals surface area contributed by atoms with Crippen LogP contribution in [0.1, 0.15) is 37.4 Å². The number of carbonyl (C=O) groups is 2. The highest BCUT2D eigenvalue weighted by molar-refractivity contribution is 6.39. The van der Waals surface area contributed by atoms with Crippen molar-refractivity contribution in [2.24, 2.45) is 0 Å². The van der Waals surface area contributed by atoms with E-state index in [4.69, 9.17) is 23.2 Å². The van der Waals surface area contributed by atoms with Gasteiger partial charge in [-0.25, -0.2) is 0 Å². The van der Waals surface area contributed by atoms with E-state index in [0.717, 1.165) is 0 Å². The van der Waals surface area contributed by atoms with Crippen molar-refractivity contribution in [3.05, 3.63) is 111 Å². The maximum absolute atomic E-state index is 12.9. The number of ketones is 2. The normalized spacial score (nSPS) is 14.1. The molecule has 0 heterocycles. The van der Waals surface area contributed by atoms with E-state index in [2.05, 4.69) is 0 Å². The van der Waals surface area contributed by atoms with Crippen molar-refractivity contribution in [1.29, 1.82) is 0 Å². The Morgan fingerprint density at radius 2 is 1.35 bits per heavy atom. The number of fused-ring (bicyclic) bond motifs is 2. The van der Waals surface area contributed by atoms with Gasteiger partial charge in [-0.05, 0) is 29.3 Å². The molecule has 0 fully saturated rings. The molecule has 0 atom stereocenters. The molecule has 26 heavy (non-hydrogen) atoms. The topological polar surface area (TPSA) is 34.1 Å². The largest absolute Gasteiger partial charge is 0.289 e. The van der Waals surface area contributed by atoms with Gasteiger partial charge in [0.05, 0.1) is 5.02 Å². The van der Waals surface area contributed by atoms with Crippen LogP contribution in [0.5, 0.6) is 0 Å². The van der Waals surface area contributed by atoms with Gasteiger partial charge in [0.1, 0.15) is 0 Å². The number of benzene rings is 3. The Hall–Kier alpha value is -2.68. The van der Waals surface area contributed by atoms with Gasteiger partial charge < -0.3 is 0 Å². The van der Waals surface area contributed by atoms with Gasteiger partial charge in [-0.2, -0.15) is 0 Å². The molecular weight excluding hydrogens is 367 g/mol. The van der Waals surface area contributed by atoms with E-state index in [1.165, 1.54) is 6.08 Å². The molecule has 126 valence electrons. The Labute approximate surface area is 160 Å². The zero-order chi connectivity index (χ0) is 18.3. The Morgan fingerprint density at radius 1 is 0.731 bits per heavy atom. The van der Waals surface area contributed by atoms with E-state index in [0.29, 0.717) is 43.4 Å². The van der Waals surface area contributed by atoms with Crippen LogP contribution < -0.4 is 0 Å². The highest BCUT2D eigenvalue weighted by Gasteiger charge is 2.30. The summed E-state index contributed by atoms with van der Waals surface area (Å²) in [5.41, 5.74) is 3.21. The monoisotopic (exact) mass is 378 g/mol. The molecule has 0 N–H and O–H groups in total. The van der Waals surface area contributed by atoms with Gasteiger partial charge in [0.2, 0.25) is 0 Å². The Morgan fingerprint density at radius 3 is 2.04 bits per heavy atom. The lowest BCUT2D eigenvalue weighted by molar-refractivity contribution is 0.103. The third-order valence-electron chi connectivity index (χ3n) is 4.39. The molecule has 2 nitrogen and oxygen atoms in total. The third kappa shape index (κ3) is 2.68. The molecule has 1 aliphatic carbocycles. The summed E-state index contributed by atoms with van der Waals surface area (Å²) in [6, 6.07) is 19.3. The van der Waals surface area contributed by atoms with Crippen LogP contribution in [0.15, 0.2) is 72.8 Å². The molecule has 0 saturated heterocycles. The summed E-state index contributed by atoms with van der Waals surface area (Å²) in [5, 5.41) is 0.782. The van der Waals surface area contributed by atoms with Gasteiger partial charge in [0.15, 0.2) is 11.6 Å². The predicted octanol–water partition coefficient (Wildman–Crippen LogP) is 5.85. The van der Waals surface area contributed by atoms with E-state index in [9.17, 15) is 9.59 Å². The predicted molar refractivity (Wildman–Crippen MR) is 104 cm³/mol. The van der Waals surface area contributed by atoms with Crippen molar-refractivity contribution >= 4 is 40.3 Å². The lowest BCUT2D eigenvalue weighted by Crippen LogP contribution is -2.16. The summed E-state index contributed by atoms with van der Waals surface area (Å²) in [5.74, 6) is -0.348. The second kappa shape index (κ2) is 6.56. The lowest BCUT2D eigenvalue weighted by Gasteiger charge is -2.23. The van der Waals surface area contributed by atoms with E-state index >= 15 is 0 Å². The van der Waals surface area contributed by atoms with Crippen LogP contribution in [-0.4, -0.2) is 11.6 Å². The fourth-order valence-electron chi connectivity index (χ4n) is 3.20. The molecule has 0 bridgehead atoms. The Kier molecular flexibility index (Phi) is 4.23. The standard InChI is InChI=1S/C22H12Cl2O2/c23-17-10-5-9-15-20(17)16(12-19(25)13-6-2-1-3-7-13)14-8-4-11-18(24)21(14)22(15)26/h1-12H/b16-12+. The molecule has 3 aromatic carbocycles. The second-order valence-corrected chi connectivity index (χ2v) is 6.76. The van der Waals surface area contributed by atoms with Crippen LogP contribution in [0.25, 0.3) is 5.57 Å². The van der Waals surface area contributed by atoms with E-state index in [-0.39, 0.29) is 11.6 Å². The summed E-state index contributed by atoms with van der Waals surface area (Å²) in [6.45, 7) is 0. The summed E-state index contributed by atoms with van der Waals surface area (Å²) in [7, 11) is 0. The van der Waals surface area contributed by atoms with Gasteiger partial charge in [-0.3, -0.25) is 9.59 Å². The fraction of sp³-hybridized carbons (Fsp3) is 0. The molecule has 0 aliphatic heterocycles. The molecule has 4 rings (SSSR count). The van der Waals surface area contributed by atoms with Crippen LogP contribution in [0.3, 0.4) is 0 Å². The van der Waals surface area contributed by atoms with Crippen molar-refractivity contribution in [3.63, 3.8) is 0 Å². The highest BCUT2D eigenvalue weighted by atomic mass is 35.5. The van der Waals surface area contributed by atoms with Crippen LogP contribution in [-0.2, 0) is 0 Å². The van der Waals surface area contributed by atoms with Crippen LogP contribution in [0.4, 0.5) is 0 Å². The van der Waals surface area contributed by atoms with Crippen LogP contribution >= 0.6 is 23.2 Å². The van der Waals surface area contributed by atoms with Gasteiger partial charge in [-0.15, -0.1) is 0 Å². The zero-order valence-electron chi connectivity index (χ0n) is 13.5. The highest BCUT2D eigenvalue weighted by Crippen LogP contribution is 2.41. The van der Waals surface area contributed by atoms with Crippen molar-refractivity contribution in [3.8, 4) is 0 Å². The van der Waals surface area contributed by atoms with Crippen molar-refractivity contribution in [2.75, 3.05) is 0 Å². The molecule has 4 heteroatoms. The summed E-state index contributed by atoms with van der Waals surface area (Å²) in [4.78, 5) is 25.7. The quantitative estimate of drug-likeness (QED) is 0.323. The first-order valence-electron chi connectivity index (χ1n) is 8.01. The van der Waals surface area contributed by atoms with Gasteiger partial charge >= 0.3 is 0 Å². The number of hydrogen-bond acceptors (Lipinski definition) is 2. The smallest absolute Gasteiger partial charge is 0.195 e. The van der Waals surface area contributed by atoms with Gasteiger partial charge in [0.25, 0.3) is 0 Å². The van der Waals surface area contributed by atoms with Gasteiger partial charge in [0, 0.05) is 27.3 Å². The fourth-order valence-corrected chi connectivity index (χ4v) is 3.74. The minimum Gasteiger partial charge on any atom is -0.289 e. The molecule has 0 radical (unpaired) electrons. The maximum Gasteiger partial charge on any atom is 0.195 e. The number of hydrogen-bond donors (Lipinski definition) is 0. The maximum atomic E-state index is 12.9. The molecule has 0 spiro atoms. The molecule has 1 aliphatic rings. The SMILES string of the molecule is O=C(/C=C1\c2cccc(Cl)c2C(=O)c2cccc(Cl)c21)c1ccccc1. The number of rotatable bonds is 2. The Bertz CT molecular complexity index is 1080. The first-order valence-corrected chi connectivity index (χ1v) is 8.77. The van der Waals surface area contributed by atoms with Crippen LogP contribution in [0.2, 0.25) is 10.0 Å². The van der Waals surface area contributed by atoms with Crippen molar-refractivity contribution in [1.82, 2.24) is 0 Å². The molecule has 0 unspecified atom stereocenters. The molecule has 0 amide bonds. The summed E-state index contributed by atoms with van der Waals surface area (Å²) < 4.78 is 0. The number of allylic oxidation sites excluding steroid dienone is 1. The zero-order valence-corrected chi connectivity index (χ0v) is 15.0. The second-order valence-electron chi connectivity index (χ2n) is 5.94. The number of carbonyl (C=O) groups excluding carboxylic acids is 2. The van der Waals surface area contributed by atoms with E-state index in [1.807, 2.05) is 18.2 Å².